The third-order valence-corrected chi connectivity index (χ3v) is 3.89. The van der Waals surface area contributed by atoms with E-state index in [1.54, 1.807) is 13.8 Å². The van der Waals surface area contributed by atoms with E-state index in [1.165, 1.54) is 0 Å². The standard InChI is InChI=1S/C10H15BrF3NO/c1-6(2)8(11)9(16)15(7-3-4-7)5-10(12,13)14/h6-8H,3-5H2,1-2H3. The Balaban J connectivity index is 2.66. The van der Waals surface area contributed by atoms with Crippen molar-refractivity contribution in [1.82, 2.24) is 4.90 Å². The molecule has 0 aliphatic heterocycles. The van der Waals surface area contributed by atoms with Crippen LogP contribution in [0.25, 0.3) is 0 Å². The first-order valence-electron chi connectivity index (χ1n) is 5.23. The number of halogens is 4. The van der Waals surface area contributed by atoms with Crippen molar-refractivity contribution < 1.29 is 18.0 Å². The Morgan fingerprint density at radius 3 is 2.25 bits per heavy atom. The van der Waals surface area contributed by atoms with Crippen LogP contribution >= 0.6 is 15.9 Å². The summed E-state index contributed by atoms with van der Waals surface area (Å²) in [7, 11) is 0. The summed E-state index contributed by atoms with van der Waals surface area (Å²) >= 11 is 3.15. The van der Waals surface area contributed by atoms with Gasteiger partial charge in [0.05, 0.1) is 4.83 Å². The number of hydrogen-bond acceptors (Lipinski definition) is 1. The van der Waals surface area contributed by atoms with Gasteiger partial charge in [-0.05, 0) is 18.8 Å². The molecule has 0 bridgehead atoms. The predicted octanol–water partition coefficient (Wildman–Crippen LogP) is 2.96. The first-order valence-corrected chi connectivity index (χ1v) is 6.15. The summed E-state index contributed by atoms with van der Waals surface area (Å²) in [6.45, 7) is 2.47. The van der Waals surface area contributed by atoms with Crippen LogP contribution in [-0.4, -0.2) is 34.4 Å². The van der Waals surface area contributed by atoms with E-state index < -0.39 is 23.5 Å². The van der Waals surface area contributed by atoms with E-state index in [4.69, 9.17) is 0 Å². The predicted molar refractivity (Wildman–Crippen MR) is 58.3 cm³/mol. The van der Waals surface area contributed by atoms with Crippen molar-refractivity contribution >= 4 is 21.8 Å². The summed E-state index contributed by atoms with van der Waals surface area (Å²) in [5.74, 6) is -0.461. The molecule has 1 atom stereocenters. The molecule has 1 fully saturated rings. The molecule has 6 heteroatoms. The van der Waals surface area contributed by atoms with Gasteiger partial charge < -0.3 is 4.90 Å². The van der Waals surface area contributed by atoms with E-state index in [0.29, 0.717) is 12.8 Å². The lowest BCUT2D eigenvalue weighted by Gasteiger charge is -2.27. The number of amides is 1. The van der Waals surface area contributed by atoms with Crippen molar-refractivity contribution in [3.8, 4) is 0 Å². The lowest BCUT2D eigenvalue weighted by molar-refractivity contribution is -0.162. The van der Waals surface area contributed by atoms with Gasteiger partial charge in [0.15, 0.2) is 0 Å². The first kappa shape index (κ1) is 13.8. The van der Waals surface area contributed by atoms with E-state index in [1.807, 2.05) is 0 Å². The largest absolute Gasteiger partial charge is 0.406 e. The van der Waals surface area contributed by atoms with E-state index in [-0.39, 0.29) is 12.0 Å². The zero-order valence-corrected chi connectivity index (χ0v) is 10.8. The van der Waals surface area contributed by atoms with Gasteiger partial charge in [0.25, 0.3) is 0 Å². The molecule has 1 saturated carbocycles. The molecule has 0 aromatic heterocycles. The average molecular weight is 302 g/mol. The number of carbonyl (C=O) groups excluding carboxylic acids is 1. The molecule has 0 radical (unpaired) electrons. The molecule has 0 heterocycles. The zero-order valence-electron chi connectivity index (χ0n) is 9.22. The van der Waals surface area contributed by atoms with Gasteiger partial charge in [-0.3, -0.25) is 4.79 Å². The topological polar surface area (TPSA) is 20.3 Å². The molecule has 0 saturated heterocycles. The fraction of sp³-hybridized carbons (Fsp3) is 0.900. The lowest BCUT2D eigenvalue weighted by atomic mass is 10.1. The number of hydrogen-bond donors (Lipinski definition) is 0. The van der Waals surface area contributed by atoms with Crippen molar-refractivity contribution in [3.05, 3.63) is 0 Å². The van der Waals surface area contributed by atoms with Crippen molar-refractivity contribution in [3.63, 3.8) is 0 Å². The molecule has 0 aromatic carbocycles. The second-order valence-electron chi connectivity index (χ2n) is 4.46. The van der Waals surface area contributed by atoms with E-state index in [9.17, 15) is 18.0 Å². The number of carbonyl (C=O) groups is 1. The van der Waals surface area contributed by atoms with Crippen LogP contribution in [0.2, 0.25) is 0 Å². The summed E-state index contributed by atoms with van der Waals surface area (Å²) in [5, 5.41) is 0. The Labute approximate surface area is 101 Å². The van der Waals surface area contributed by atoms with E-state index in [2.05, 4.69) is 15.9 Å². The molecule has 1 aliphatic rings. The molecule has 16 heavy (non-hydrogen) atoms. The fourth-order valence-electron chi connectivity index (χ4n) is 1.41. The van der Waals surface area contributed by atoms with Gasteiger partial charge in [-0.25, -0.2) is 0 Å². The van der Waals surface area contributed by atoms with Crippen molar-refractivity contribution in [2.24, 2.45) is 5.92 Å². The Morgan fingerprint density at radius 2 is 1.94 bits per heavy atom. The highest BCUT2D eigenvalue weighted by atomic mass is 79.9. The van der Waals surface area contributed by atoms with Gasteiger partial charge in [-0.15, -0.1) is 0 Å². The number of rotatable bonds is 4. The Hall–Kier alpha value is -0.260. The molecule has 2 nitrogen and oxygen atoms in total. The second-order valence-corrected chi connectivity index (χ2v) is 5.44. The van der Waals surface area contributed by atoms with Crippen LogP contribution in [0.1, 0.15) is 26.7 Å². The van der Waals surface area contributed by atoms with E-state index in [0.717, 1.165) is 4.90 Å². The molecular weight excluding hydrogens is 287 g/mol. The maximum Gasteiger partial charge on any atom is 0.406 e. The maximum atomic E-state index is 12.3. The van der Waals surface area contributed by atoms with Gasteiger partial charge in [-0.1, -0.05) is 29.8 Å². The lowest BCUT2D eigenvalue weighted by Crippen LogP contribution is -2.45. The third-order valence-electron chi connectivity index (χ3n) is 2.44. The van der Waals surface area contributed by atoms with Crippen LogP contribution in [0.4, 0.5) is 13.2 Å². The smallest absolute Gasteiger partial charge is 0.330 e. The van der Waals surface area contributed by atoms with Crippen molar-refractivity contribution in [2.75, 3.05) is 6.54 Å². The number of nitrogens with zero attached hydrogens (tertiary/aromatic N) is 1. The van der Waals surface area contributed by atoms with Gasteiger partial charge in [0.1, 0.15) is 6.54 Å². The van der Waals surface area contributed by atoms with Crippen LogP contribution in [-0.2, 0) is 4.79 Å². The van der Waals surface area contributed by atoms with Gasteiger partial charge in [0.2, 0.25) is 5.91 Å². The van der Waals surface area contributed by atoms with Crippen LogP contribution in [0.5, 0.6) is 0 Å². The van der Waals surface area contributed by atoms with Crippen LogP contribution in [0, 0.1) is 5.92 Å². The average Bonchev–Trinajstić information content (AvgIpc) is 2.93. The first-order chi connectivity index (χ1) is 7.22. The molecule has 1 amide bonds. The molecule has 1 unspecified atom stereocenters. The second kappa shape index (κ2) is 4.94. The molecule has 0 N–H and O–H groups in total. The highest BCUT2D eigenvalue weighted by Gasteiger charge is 2.42. The summed E-state index contributed by atoms with van der Waals surface area (Å²) in [5.41, 5.74) is 0. The highest BCUT2D eigenvalue weighted by molar-refractivity contribution is 9.10. The number of alkyl halides is 4. The summed E-state index contributed by atoms with van der Waals surface area (Å²) < 4.78 is 36.9. The summed E-state index contributed by atoms with van der Waals surface area (Å²) in [6.07, 6.45) is -2.96. The van der Waals surface area contributed by atoms with Crippen LogP contribution < -0.4 is 0 Å². The zero-order chi connectivity index (χ0) is 12.5. The van der Waals surface area contributed by atoms with Crippen LogP contribution in [0.3, 0.4) is 0 Å². The normalized spacial score (nSPS) is 18.7. The van der Waals surface area contributed by atoms with Crippen molar-refractivity contribution in [2.45, 2.75) is 43.7 Å². The molecule has 1 rings (SSSR count). The molecule has 0 spiro atoms. The summed E-state index contributed by atoms with van der Waals surface area (Å²) in [6, 6.07) is -0.215. The minimum absolute atomic E-state index is 0.0121. The van der Waals surface area contributed by atoms with Crippen molar-refractivity contribution in [1.29, 1.82) is 0 Å². The fourth-order valence-corrected chi connectivity index (χ4v) is 1.67. The summed E-state index contributed by atoms with van der Waals surface area (Å²) in [4.78, 5) is 12.2. The minimum atomic E-state index is -4.32. The quantitative estimate of drug-likeness (QED) is 0.731. The molecule has 1 aliphatic carbocycles. The molecule has 94 valence electrons. The third kappa shape index (κ3) is 3.96. The van der Waals surface area contributed by atoms with Gasteiger partial charge >= 0.3 is 6.18 Å². The SMILES string of the molecule is CC(C)C(Br)C(=O)N(CC(F)(F)F)C1CC1. The minimum Gasteiger partial charge on any atom is -0.330 e. The van der Waals surface area contributed by atoms with Gasteiger partial charge in [0, 0.05) is 6.04 Å². The molecular formula is C10H15BrF3NO. The molecule has 0 aromatic rings. The Bertz CT molecular complexity index is 263. The monoisotopic (exact) mass is 301 g/mol. The maximum absolute atomic E-state index is 12.3. The van der Waals surface area contributed by atoms with E-state index >= 15 is 0 Å². The van der Waals surface area contributed by atoms with Crippen LogP contribution in [0.15, 0.2) is 0 Å². The Kier molecular flexibility index (Phi) is 4.26. The highest BCUT2D eigenvalue weighted by Crippen LogP contribution is 2.32. The Morgan fingerprint density at radius 1 is 1.44 bits per heavy atom. The van der Waals surface area contributed by atoms with Gasteiger partial charge in [-0.2, -0.15) is 13.2 Å².